The average Bonchev–Trinajstić information content (AvgIpc) is 2.63. The molecule has 0 radical (unpaired) electrons. The van der Waals surface area contributed by atoms with Crippen molar-refractivity contribution in [1.82, 2.24) is 5.32 Å². The number of nitrogens with one attached hydrogen (secondary N) is 1. The number of hydrogen-bond acceptors (Lipinski definition) is 3. The highest BCUT2D eigenvalue weighted by Crippen LogP contribution is 2.18. The Morgan fingerprint density at radius 3 is 2.92 bits per heavy atom. The van der Waals surface area contributed by atoms with E-state index in [1.54, 1.807) is 0 Å². The summed E-state index contributed by atoms with van der Waals surface area (Å²) in [5, 5.41) is 3.30. The molecule has 0 fully saturated rings. The van der Waals surface area contributed by atoms with Crippen LogP contribution < -0.4 is 11.1 Å². The van der Waals surface area contributed by atoms with Gasteiger partial charge in [-0.05, 0) is 6.08 Å². The van der Waals surface area contributed by atoms with Crippen LogP contribution in [0.25, 0.3) is 0 Å². The van der Waals surface area contributed by atoms with Crippen LogP contribution in [0.5, 0.6) is 0 Å². The van der Waals surface area contributed by atoms with Crippen molar-refractivity contribution in [2.45, 2.75) is 19.9 Å². The van der Waals surface area contributed by atoms with E-state index in [4.69, 9.17) is 5.73 Å². The van der Waals surface area contributed by atoms with Gasteiger partial charge in [0.05, 0.1) is 6.04 Å². The van der Waals surface area contributed by atoms with Crippen LogP contribution in [0.3, 0.4) is 0 Å². The van der Waals surface area contributed by atoms with Crippen molar-refractivity contribution in [3.05, 3.63) is 24.0 Å². The summed E-state index contributed by atoms with van der Waals surface area (Å²) in [4.78, 5) is 4.06. The van der Waals surface area contributed by atoms with E-state index < -0.39 is 0 Å². The second-order valence-corrected chi connectivity index (χ2v) is 2.78. The number of rotatable bonds is 1. The van der Waals surface area contributed by atoms with Gasteiger partial charge in [0.1, 0.15) is 0 Å². The van der Waals surface area contributed by atoms with E-state index in [0.717, 1.165) is 5.70 Å². The number of nitrogens with zero attached hydrogens (tertiary/aromatic N) is 1. The van der Waals surface area contributed by atoms with Crippen molar-refractivity contribution in [3.63, 3.8) is 0 Å². The fraction of sp³-hybridized carbons (Fsp3) is 0.500. The average molecular weight is 179 g/mol. The monoisotopic (exact) mass is 179 g/mol. The molecule has 0 aromatic carbocycles. The molecule has 0 saturated carbocycles. The van der Waals surface area contributed by atoms with Crippen molar-refractivity contribution in [2.24, 2.45) is 16.6 Å². The Balaban J connectivity index is 0.000000396. The van der Waals surface area contributed by atoms with Gasteiger partial charge in [-0.1, -0.05) is 19.9 Å². The molecule has 3 nitrogen and oxygen atoms in total. The first-order valence-electron chi connectivity index (χ1n) is 4.77. The molecule has 0 aromatic rings. The van der Waals surface area contributed by atoms with Crippen LogP contribution in [0.2, 0.25) is 0 Å². The Morgan fingerprint density at radius 1 is 1.54 bits per heavy atom. The molecule has 0 aromatic heterocycles. The minimum absolute atomic E-state index is 0.394. The van der Waals surface area contributed by atoms with E-state index in [-0.39, 0.29) is 0 Å². The van der Waals surface area contributed by atoms with Gasteiger partial charge in [0.25, 0.3) is 0 Å². The molecule has 0 bridgehead atoms. The second kappa shape index (κ2) is 4.82. The van der Waals surface area contributed by atoms with E-state index in [1.165, 1.54) is 0 Å². The van der Waals surface area contributed by atoms with Crippen molar-refractivity contribution in [3.8, 4) is 0 Å². The fourth-order valence-electron chi connectivity index (χ4n) is 1.43. The molecule has 2 atom stereocenters. The highest BCUT2D eigenvalue weighted by molar-refractivity contribution is 5.68. The maximum Gasteiger partial charge on any atom is 0.0572 e. The number of fused-ring (bicyclic) bond motifs is 1. The second-order valence-electron chi connectivity index (χ2n) is 2.78. The fourth-order valence-corrected chi connectivity index (χ4v) is 1.43. The lowest BCUT2D eigenvalue weighted by atomic mass is 10.0. The first-order chi connectivity index (χ1) is 6.40. The van der Waals surface area contributed by atoms with Gasteiger partial charge in [0.15, 0.2) is 0 Å². The molecule has 3 N–H and O–H groups in total. The van der Waals surface area contributed by atoms with E-state index in [2.05, 4.69) is 22.5 Å². The molecule has 0 saturated heterocycles. The van der Waals surface area contributed by atoms with Crippen LogP contribution in [-0.4, -0.2) is 18.8 Å². The molecule has 2 rings (SSSR count). The van der Waals surface area contributed by atoms with E-state index >= 15 is 0 Å². The molecule has 2 aliphatic rings. The van der Waals surface area contributed by atoms with Crippen LogP contribution in [-0.2, 0) is 0 Å². The van der Waals surface area contributed by atoms with Gasteiger partial charge in [-0.2, -0.15) is 0 Å². The van der Waals surface area contributed by atoms with Crippen molar-refractivity contribution in [1.29, 1.82) is 0 Å². The molecule has 0 spiro atoms. The smallest absolute Gasteiger partial charge is 0.0572 e. The molecule has 13 heavy (non-hydrogen) atoms. The van der Waals surface area contributed by atoms with E-state index in [9.17, 15) is 0 Å². The zero-order chi connectivity index (χ0) is 9.68. The van der Waals surface area contributed by atoms with Gasteiger partial charge >= 0.3 is 0 Å². The van der Waals surface area contributed by atoms with E-state index in [0.29, 0.717) is 18.5 Å². The molecule has 2 unspecified atom stereocenters. The Morgan fingerprint density at radius 2 is 2.31 bits per heavy atom. The maximum atomic E-state index is 5.49. The summed E-state index contributed by atoms with van der Waals surface area (Å²) in [6.45, 7) is 4.59. The quantitative estimate of drug-likeness (QED) is 0.632. The van der Waals surface area contributed by atoms with Gasteiger partial charge in [-0.15, -0.1) is 0 Å². The van der Waals surface area contributed by atoms with Crippen molar-refractivity contribution < 1.29 is 0 Å². The van der Waals surface area contributed by atoms with E-state index in [1.807, 2.05) is 26.3 Å². The minimum atomic E-state index is 0.394. The summed E-state index contributed by atoms with van der Waals surface area (Å²) in [6.07, 6.45) is 7.96. The Labute approximate surface area is 79.4 Å². The molecule has 3 heteroatoms. The van der Waals surface area contributed by atoms with Gasteiger partial charge in [0, 0.05) is 30.6 Å². The van der Waals surface area contributed by atoms with Crippen molar-refractivity contribution >= 4 is 6.21 Å². The topological polar surface area (TPSA) is 50.4 Å². The summed E-state index contributed by atoms with van der Waals surface area (Å²) >= 11 is 0. The van der Waals surface area contributed by atoms with Gasteiger partial charge in [-0.25, -0.2) is 0 Å². The summed E-state index contributed by atoms with van der Waals surface area (Å²) in [5.41, 5.74) is 6.61. The third kappa shape index (κ3) is 2.18. The number of aliphatic imine (C=N–C) groups is 1. The Bertz CT molecular complexity index is 241. The van der Waals surface area contributed by atoms with Crippen LogP contribution in [0.1, 0.15) is 13.8 Å². The van der Waals surface area contributed by atoms with Crippen LogP contribution in [0, 0.1) is 5.92 Å². The predicted octanol–water partition coefficient (Wildman–Crippen LogP) is 1.04. The summed E-state index contributed by atoms with van der Waals surface area (Å²) in [7, 11) is 0. The zero-order valence-electron chi connectivity index (χ0n) is 8.20. The largest absolute Gasteiger partial charge is 0.380 e. The standard InChI is InChI=1S/C8H11N3.C2H6/c9-4-7-3-6-5-10-2-1-8(6)11-7;1-2/h1-3,5-6,8,11H,4,9H2;1-2H3. The maximum absolute atomic E-state index is 5.49. The van der Waals surface area contributed by atoms with Gasteiger partial charge in [0.2, 0.25) is 0 Å². The Kier molecular flexibility index (Phi) is 3.71. The van der Waals surface area contributed by atoms with Gasteiger partial charge < -0.3 is 11.1 Å². The lowest BCUT2D eigenvalue weighted by molar-refractivity contribution is 0.661. The molecular formula is C10H17N3. The van der Waals surface area contributed by atoms with Crippen molar-refractivity contribution in [2.75, 3.05) is 6.54 Å². The lowest BCUT2D eigenvalue weighted by Gasteiger charge is -2.14. The first-order valence-corrected chi connectivity index (χ1v) is 4.77. The molecular weight excluding hydrogens is 162 g/mol. The predicted molar refractivity (Wildman–Crippen MR) is 56.5 cm³/mol. The van der Waals surface area contributed by atoms with Crippen LogP contribution in [0.4, 0.5) is 0 Å². The molecule has 72 valence electrons. The molecule has 2 aliphatic heterocycles. The highest BCUT2D eigenvalue weighted by atomic mass is 15.0. The third-order valence-corrected chi connectivity index (χ3v) is 2.02. The SMILES string of the molecule is CC.NCC1=CC2C=NC=CC2N1. The third-order valence-electron chi connectivity index (χ3n) is 2.02. The summed E-state index contributed by atoms with van der Waals surface area (Å²) in [6, 6.07) is 0.394. The molecule has 2 heterocycles. The van der Waals surface area contributed by atoms with Gasteiger partial charge in [-0.3, -0.25) is 4.99 Å². The zero-order valence-corrected chi connectivity index (χ0v) is 8.20. The first kappa shape index (κ1) is 9.99. The van der Waals surface area contributed by atoms with Crippen LogP contribution >= 0.6 is 0 Å². The normalized spacial score (nSPS) is 28.4. The lowest BCUT2D eigenvalue weighted by Crippen LogP contribution is -2.29. The van der Waals surface area contributed by atoms with Crippen LogP contribution in [0.15, 0.2) is 29.0 Å². The molecule has 0 aliphatic carbocycles. The number of hydrogen-bond donors (Lipinski definition) is 2. The summed E-state index contributed by atoms with van der Waals surface area (Å²) < 4.78 is 0. The molecule has 0 amide bonds. The minimum Gasteiger partial charge on any atom is -0.380 e. The number of nitrogens with two attached hydrogens (primary N) is 1. The highest BCUT2D eigenvalue weighted by Gasteiger charge is 2.23. The summed E-state index contributed by atoms with van der Waals surface area (Å²) in [5.74, 6) is 0.415. The Hall–Kier alpha value is -1.09.